The van der Waals surface area contributed by atoms with Crippen molar-refractivity contribution >= 4 is 5.97 Å². The molecule has 0 aromatic heterocycles. The van der Waals surface area contributed by atoms with Crippen molar-refractivity contribution in [3.8, 4) is 5.75 Å². The first-order valence-electron chi connectivity index (χ1n) is 5.94. The second-order valence-corrected chi connectivity index (χ2v) is 4.22. The van der Waals surface area contributed by atoms with E-state index < -0.39 is 12.1 Å². The summed E-state index contributed by atoms with van der Waals surface area (Å²) in [6, 6.07) is 12.1. The molecule has 2 aromatic carbocycles. The van der Waals surface area contributed by atoms with Crippen molar-refractivity contribution < 1.29 is 24.1 Å². The zero-order chi connectivity index (χ0) is 14.5. The van der Waals surface area contributed by atoms with Crippen LogP contribution in [0.1, 0.15) is 17.2 Å². The molecule has 0 saturated heterocycles. The molecule has 0 bridgehead atoms. The minimum atomic E-state index is -1.54. The van der Waals surface area contributed by atoms with Crippen molar-refractivity contribution in [2.45, 2.75) is 12.7 Å². The molecule has 1 unspecified atom stereocenters. The lowest BCUT2D eigenvalue weighted by Crippen LogP contribution is -2.10. The number of aliphatic hydroxyl groups is 1. The SMILES string of the molecule is O=C(O)C(O)c1ccc(OCc2ccc(F)cc2)cc1. The third-order valence-electron chi connectivity index (χ3n) is 2.75. The van der Waals surface area contributed by atoms with E-state index in [9.17, 15) is 14.3 Å². The minimum Gasteiger partial charge on any atom is -0.489 e. The van der Waals surface area contributed by atoms with Gasteiger partial charge in [-0.2, -0.15) is 0 Å². The number of hydrogen-bond donors (Lipinski definition) is 2. The Hall–Kier alpha value is -2.40. The first-order chi connectivity index (χ1) is 9.56. The zero-order valence-corrected chi connectivity index (χ0v) is 10.5. The van der Waals surface area contributed by atoms with Crippen LogP contribution in [0.15, 0.2) is 48.5 Å². The molecule has 0 fully saturated rings. The number of hydrogen-bond acceptors (Lipinski definition) is 3. The van der Waals surface area contributed by atoms with E-state index in [1.54, 1.807) is 24.3 Å². The summed E-state index contributed by atoms with van der Waals surface area (Å²) in [5, 5.41) is 18.0. The smallest absolute Gasteiger partial charge is 0.337 e. The van der Waals surface area contributed by atoms with Gasteiger partial charge in [0.15, 0.2) is 6.10 Å². The van der Waals surface area contributed by atoms with E-state index in [1.165, 1.54) is 24.3 Å². The molecule has 0 aliphatic rings. The van der Waals surface area contributed by atoms with Crippen LogP contribution in [0.4, 0.5) is 4.39 Å². The molecule has 5 heteroatoms. The van der Waals surface area contributed by atoms with Crippen molar-refractivity contribution in [2.75, 3.05) is 0 Å². The topological polar surface area (TPSA) is 66.8 Å². The molecule has 0 heterocycles. The molecule has 0 aliphatic carbocycles. The van der Waals surface area contributed by atoms with Crippen LogP contribution in [0, 0.1) is 5.82 Å². The molecule has 0 radical (unpaired) electrons. The zero-order valence-electron chi connectivity index (χ0n) is 10.5. The first-order valence-corrected chi connectivity index (χ1v) is 5.94. The van der Waals surface area contributed by atoms with Crippen LogP contribution in [0.25, 0.3) is 0 Å². The minimum absolute atomic E-state index is 0.279. The van der Waals surface area contributed by atoms with Gasteiger partial charge in [-0.05, 0) is 35.4 Å². The maximum Gasteiger partial charge on any atom is 0.337 e. The quantitative estimate of drug-likeness (QED) is 0.880. The molecular weight excluding hydrogens is 263 g/mol. The van der Waals surface area contributed by atoms with E-state index in [1.807, 2.05) is 0 Å². The lowest BCUT2D eigenvalue weighted by Gasteiger charge is -2.09. The van der Waals surface area contributed by atoms with Gasteiger partial charge in [-0.15, -0.1) is 0 Å². The predicted molar refractivity (Wildman–Crippen MR) is 69.8 cm³/mol. The summed E-state index contributed by atoms with van der Waals surface area (Å²) in [5.41, 5.74) is 1.10. The molecule has 0 spiro atoms. The number of carboxylic acid groups (broad SMARTS) is 1. The molecule has 2 rings (SSSR count). The van der Waals surface area contributed by atoms with Gasteiger partial charge in [0.1, 0.15) is 18.2 Å². The highest BCUT2D eigenvalue weighted by Crippen LogP contribution is 2.19. The maximum atomic E-state index is 12.7. The fraction of sp³-hybridized carbons (Fsp3) is 0.133. The number of carbonyl (C=O) groups is 1. The highest BCUT2D eigenvalue weighted by atomic mass is 19.1. The number of rotatable bonds is 5. The van der Waals surface area contributed by atoms with Crippen molar-refractivity contribution in [2.24, 2.45) is 0 Å². The molecule has 0 saturated carbocycles. The summed E-state index contributed by atoms with van der Waals surface area (Å²) < 4.78 is 18.2. The van der Waals surface area contributed by atoms with E-state index >= 15 is 0 Å². The largest absolute Gasteiger partial charge is 0.489 e. The van der Waals surface area contributed by atoms with Crippen molar-refractivity contribution in [1.82, 2.24) is 0 Å². The number of ether oxygens (including phenoxy) is 1. The van der Waals surface area contributed by atoms with Gasteiger partial charge >= 0.3 is 5.97 Å². The second-order valence-electron chi connectivity index (χ2n) is 4.22. The van der Waals surface area contributed by atoms with Crippen molar-refractivity contribution in [1.29, 1.82) is 0 Å². The number of halogens is 1. The monoisotopic (exact) mass is 276 g/mol. The second kappa shape index (κ2) is 6.16. The van der Waals surface area contributed by atoms with Crippen LogP contribution in [0.5, 0.6) is 5.75 Å². The summed E-state index contributed by atoms with van der Waals surface area (Å²) in [6.45, 7) is 0.279. The molecule has 2 aromatic rings. The Morgan fingerprint density at radius 1 is 1.10 bits per heavy atom. The lowest BCUT2D eigenvalue weighted by atomic mass is 10.1. The van der Waals surface area contributed by atoms with Gasteiger partial charge in [0, 0.05) is 0 Å². The summed E-state index contributed by atoms with van der Waals surface area (Å²) in [5.74, 6) is -1.07. The Bertz CT molecular complexity index is 578. The molecule has 0 amide bonds. The summed E-state index contributed by atoms with van der Waals surface area (Å²) in [4.78, 5) is 10.6. The normalized spacial score (nSPS) is 11.9. The third kappa shape index (κ3) is 3.55. The van der Waals surface area contributed by atoms with Gasteiger partial charge in [0.05, 0.1) is 0 Å². The van der Waals surface area contributed by atoms with E-state index in [4.69, 9.17) is 9.84 Å². The molecule has 1 atom stereocenters. The Morgan fingerprint density at radius 2 is 1.70 bits per heavy atom. The average Bonchev–Trinajstić information content (AvgIpc) is 2.46. The Morgan fingerprint density at radius 3 is 2.25 bits per heavy atom. The van der Waals surface area contributed by atoms with Crippen LogP contribution in [0.3, 0.4) is 0 Å². The predicted octanol–water partition coefficient (Wildman–Crippen LogP) is 2.52. The van der Waals surface area contributed by atoms with E-state index in [2.05, 4.69) is 0 Å². The maximum absolute atomic E-state index is 12.7. The highest BCUT2D eigenvalue weighted by Gasteiger charge is 2.15. The Balaban J connectivity index is 1.97. The van der Waals surface area contributed by atoms with Gasteiger partial charge in [-0.3, -0.25) is 0 Å². The van der Waals surface area contributed by atoms with Gasteiger partial charge in [-0.1, -0.05) is 24.3 Å². The average molecular weight is 276 g/mol. The molecular formula is C15H13FO4. The molecule has 20 heavy (non-hydrogen) atoms. The van der Waals surface area contributed by atoms with E-state index in [-0.39, 0.29) is 18.0 Å². The summed E-state index contributed by atoms with van der Waals surface area (Å²) in [6.07, 6.45) is -1.54. The fourth-order valence-corrected chi connectivity index (χ4v) is 1.64. The van der Waals surface area contributed by atoms with Crippen LogP contribution >= 0.6 is 0 Å². The molecule has 2 N–H and O–H groups in total. The van der Waals surface area contributed by atoms with Gasteiger partial charge < -0.3 is 14.9 Å². The number of carboxylic acids is 1. The third-order valence-corrected chi connectivity index (χ3v) is 2.75. The van der Waals surface area contributed by atoms with Crippen LogP contribution < -0.4 is 4.74 Å². The van der Waals surface area contributed by atoms with Crippen LogP contribution in [-0.2, 0) is 11.4 Å². The number of aliphatic carboxylic acids is 1. The fourth-order valence-electron chi connectivity index (χ4n) is 1.64. The van der Waals surface area contributed by atoms with Crippen LogP contribution in [-0.4, -0.2) is 16.2 Å². The molecule has 104 valence electrons. The molecule has 4 nitrogen and oxygen atoms in total. The van der Waals surface area contributed by atoms with Gasteiger partial charge in [0.2, 0.25) is 0 Å². The summed E-state index contributed by atoms with van der Waals surface area (Å²) in [7, 11) is 0. The Kier molecular flexibility index (Phi) is 4.32. The number of benzene rings is 2. The van der Waals surface area contributed by atoms with Crippen LogP contribution in [0.2, 0.25) is 0 Å². The van der Waals surface area contributed by atoms with Crippen molar-refractivity contribution in [3.63, 3.8) is 0 Å². The van der Waals surface area contributed by atoms with Gasteiger partial charge in [0.25, 0.3) is 0 Å². The highest BCUT2D eigenvalue weighted by molar-refractivity contribution is 5.74. The van der Waals surface area contributed by atoms with Crippen molar-refractivity contribution in [3.05, 3.63) is 65.5 Å². The number of aliphatic hydroxyl groups excluding tert-OH is 1. The Labute approximate surface area is 115 Å². The standard InChI is InChI=1S/C15H13FO4/c16-12-5-1-10(2-6-12)9-20-13-7-3-11(4-8-13)14(17)15(18)19/h1-8,14,17H,9H2,(H,18,19). The van der Waals surface area contributed by atoms with E-state index in [0.29, 0.717) is 5.75 Å². The molecule has 0 aliphatic heterocycles. The lowest BCUT2D eigenvalue weighted by molar-refractivity contribution is -0.146. The van der Waals surface area contributed by atoms with Gasteiger partial charge in [-0.25, -0.2) is 9.18 Å². The first kappa shape index (κ1) is 14.0. The summed E-state index contributed by atoms with van der Waals surface area (Å²) >= 11 is 0. The van der Waals surface area contributed by atoms with E-state index in [0.717, 1.165) is 5.56 Å².